The molecule has 3 aromatic heterocycles. The number of nitrogens with zero attached hydrogens (tertiary/aromatic N) is 5. The van der Waals surface area contributed by atoms with Crippen molar-refractivity contribution in [3.8, 4) is 5.82 Å². The minimum atomic E-state index is 0.652. The second kappa shape index (κ2) is 5.93. The summed E-state index contributed by atoms with van der Waals surface area (Å²) in [5.74, 6) is 1.52. The molecule has 1 aliphatic rings. The summed E-state index contributed by atoms with van der Waals surface area (Å²) >= 11 is 1.66. The Kier molecular flexibility index (Phi) is 3.45. The number of rotatable bonds is 5. The maximum atomic E-state index is 4.58. The molecule has 0 amide bonds. The SMILES string of the molecule is c1ccc2c(c1)ncn2-c1ccc(CNc2nnc(C3CC3)s2)cn1. The van der Waals surface area contributed by atoms with E-state index < -0.39 is 0 Å². The molecule has 3 heterocycles. The van der Waals surface area contributed by atoms with E-state index in [-0.39, 0.29) is 0 Å². The molecule has 1 aromatic carbocycles. The number of imidazole rings is 1. The number of benzene rings is 1. The van der Waals surface area contributed by atoms with Crippen LogP contribution in [0.4, 0.5) is 5.13 Å². The number of hydrogen-bond acceptors (Lipinski definition) is 6. The van der Waals surface area contributed by atoms with Crippen LogP contribution >= 0.6 is 11.3 Å². The lowest BCUT2D eigenvalue weighted by atomic mass is 10.2. The molecule has 0 bridgehead atoms. The highest BCUT2D eigenvalue weighted by molar-refractivity contribution is 7.15. The fourth-order valence-electron chi connectivity index (χ4n) is 2.78. The van der Waals surface area contributed by atoms with Gasteiger partial charge < -0.3 is 5.32 Å². The Morgan fingerprint density at radius 3 is 2.84 bits per heavy atom. The molecule has 1 fully saturated rings. The minimum Gasteiger partial charge on any atom is -0.356 e. The van der Waals surface area contributed by atoms with E-state index in [1.54, 1.807) is 11.3 Å². The van der Waals surface area contributed by atoms with E-state index in [2.05, 4.69) is 31.5 Å². The van der Waals surface area contributed by atoms with Gasteiger partial charge in [-0.25, -0.2) is 9.97 Å². The number of nitrogens with one attached hydrogen (secondary N) is 1. The molecule has 6 nitrogen and oxygen atoms in total. The summed E-state index contributed by atoms with van der Waals surface area (Å²) in [6.45, 7) is 0.692. The van der Waals surface area contributed by atoms with E-state index >= 15 is 0 Å². The first-order valence-corrected chi connectivity index (χ1v) is 9.13. The number of anilines is 1. The summed E-state index contributed by atoms with van der Waals surface area (Å²) in [6, 6.07) is 12.1. The van der Waals surface area contributed by atoms with Gasteiger partial charge in [0.25, 0.3) is 0 Å². The van der Waals surface area contributed by atoms with E-state index in [9.17, 15) is 0 Å². The van der Waals surface area contributed by atoms with Crippen molar-refractivity contribution in [2.45, 2.75) is 25.3 Å². The molecule has 25 heavy (non-hydrogen) atoms. The van der Waals surface area contributed by atoms with Crippen LogP contribution in [0.15, 0.2) is 48.9 Å². The topological polar surface area (TPSA) is 68.5 Å². The Bertz CT molecular complexity index is 1020. The third-order valence-corrected chi connectivity index (χ3v) is 5.36. The Hall–Kier alpha value is -2.80. The first kappa shape index (κ1) is 14.5. The third kappa shape index (κ3) is 2.87. The highest BCUT2D eigenvalue weighted by Gasteiger charge is 2.27. The molecule has 0 aliphatic heterocycles. The molecule has 0 spiro atoms. The summed E-state index contributed by atoms with van der Waals surface area (Å²) in [6.07, 6.45) is 6.21. The normalized spacial score (nSPS) is 14.1. The van der Waals surface area contributed by atoms with Crippen LogP contribution in [-0.4, -0.2) is 24.7 Å². The highest BCUT2D eigenvalue weighted by Crippen LogP contribution is 2.42. The average molecular weight is 348 g/mol. The standard InChI is InChI=1S/C18H16N6S/c1-2-4-15-14(3-1)21-11-24(15)16-8-5-12(9-19-16)10-20-18-23-22-17(25-18)13-6-7-13/h1-5,8-9,11,13H,6-7,10H2,(H,20,23). The zero-order valence-electron chi connectivity index (χ0n) is 13.5. The predicted molar refractivity (Wildman–Crippen MR) is 98.1 cm³/mol. The van der Waals surface area contributed by atoms with E-state index in [1.165, 1.54) is 12.8 Å². The lowest BCUT2D eigenvalue weighted by Gasteiger charge is -2.06. The van der Waals surface area contributed by atoms with Crippen molar-refractivity contribution in [2.24, 2.45) is 0 Å². The Balaban J connectivity index is 1.31. The van der Waals surface area contributed by atoms with Gasteiger partial charge in [0.1, 0.15) is 17.2 Å². The van der Waals surface area contributed by atoms with Crippen LogP contribution in [0.1, 0.15) is 29.3 Å². The molecule has 0 atom stereocenters. The maximum absolute atomic E-state index is 4.58. The second-order valence-corrected chi connectivity index (χ2v) is 7.21. The Morgan fingerprint density at radius 2 is 2.00 bits per heavy atom. The maximum Gasteiger partial charge on any atom is 0.205 e. The number of hydrogen-bond donors (Lipinski definition) is 1. The highest BCUT2D eigenvalue weighted by atomic mass is 32.1. The van der Waals surface area contributed by atoms with Crippen molar-refractivity contribution in [1.29, 1.82) is 0 Å². The summed E-state index contributed by atoms with van der Waals surface area (Å²) in [7, 11) is 0. The molecule has 7 heteroatoms. The number of pyridine rings is 1. The van der Waals surface area contributed by atoms with Crippen molar-refractivity contribution >= 4 is 27.5 Å². The average Bonchev–Trinajstić information content (AvgIpc) is 3.25. The minimum absolute atomic E-state index is 0.652. The molecule has 1 saturated carbocycles. The summed E-state index contributed by atoms with van der Waals surface area (Å²) in [5, 5.41) is 13.8. The molecule has 0 radical (unpaired) electrons. The van der Waals surface area contributed by atoms with Gasteiger partial charge in [-0.3, -0.25) is 4.57 Å². The zero-order valence-corrected chi connectivity index (χ0v) is 14.3. The van der Waals surface area contributed by atoms with E-state index in [0.29, 0.717) is 12.5 Å². The first-order valence-electron chi connectivity index (χ1n) is 8.31. The van der Waals surface area contributed by atoms with Gasteiger partial charge in [-0.2, -0.15) is 0 Å². The monoisotopic (exact) mass is 348 g/mol. The Labute approximate surface area is 148 Å². The van der Waals surface area contributed by atoms with Crippen LogP contribution in [0.3, 0.4) is 0 Å². The molecule has 1 aliphatic carbocycles. The first-order chi connectivity index (χ1) is 12.4. The number of aromatic nitrogens is 5. The lowest BCUT2D eigenvalue weighted by molar-refractivity contribution is 0.964. The van der Waals surface area contributed by atoms with Crippen LogP contribution in [0.2, 0.25) is 0 Å². The van der Waals surface area contributed by atoms with E-state index in [0.717, 1.165) is 32.6 Å². The molecular weight excluding hydrogens is 332 g/mol. The smallest absolute Gasteiger partial charge is 0.205 e. The molecule has 0 saturated heterocycles. The molecule has 4 aromatic rings. The Morgan fingerprint density at radius 1 is 1.08 bits per heavy atom. The fourth-order valence-corrected chi connectivity index (χ4v) is 3.69. The van der Waals surface area contributed by atoms with Crippen molar-refractivity contribution < 1.29 is 0 Å². The van der Waals surface area contributed by atoms with Gasteiger partial charge in [0.2, 0.25) is 5.13 Å². The van der Waals surface area contributed by atoms with Crippen molar-refractivity contribution in [3.63, 3.8) is 0 Å². The van der Waals surface area contributed by atoms with Crippen LogP contribution in [0.25, 0.3) is 16.9 Å². The van der Waals surface area contributed by atoms with E-state index in [1.807, 2.05) is 47.4 Å². The lowest BCUT2D eigenvalue weighted by Crippen LogP contribution is -2.01. The van der Waals surface area contributed by atoms with E-state index in [4.69, 9.17) is 0 Å². The number of fused-ring (bicyclic) bond motifs is 1. The van der Waals surface area contributed by atoms with Crippen LogP contribution < -0.4 is 5.32 Å². The van der Waals surface area contributed by atoms with Crippen molar-refractivity contribution in [2.75, 3.05) is 5.32 Å². The molecule has 0 unspecified atom stereocenters. The van der Waals surface area contributed by atoms with Gasteiger partial charge in [0, 0.05) is 18.7 Å². The summed E-state index contributed by atoms with van der Waals surface area (Å²) < 4.78 is 2.00. The third-order valence-electron chi connectivity index (χ3n) is 4.32. The zero-order chi connectivity index (χ0) is 16.6. The van der Waals surface area contributed by atoms with Crippen LogP contribution in [0, 0.1) is 0 Å². The molecule has 5 rings (SSSR count). The van der Waals surface area contributed by atoms with Gasteiger partial charge in [-0.15, -0.1) is 10.2 Å². The predicted octanol–water partition coefficient (Wildman–Crippen LogP) is 3.76. The molecule has 124 valence electrons. The number of para-hydroxylation sites is 2. The van der Waals surface area contributed by atoms with Gasteiger partial charge in [0.05, 0.1) is 11.0 Å². The second-order valence-electron chi connectivity index (χ2n) is 6.20. The van der Waals surface area contributed by atoms with Gasteiger partial charge in [-0.1, -0.05) is 29.5 Å². The van der Waals surface area contributed by atoms with Crippen LogP contribution in [0.5, 0.6) is 0 Å². The summed E-state index contributed by atoms with van der Waals surface area (Å²) in [5.41, 5.74) is 3.14. The fraction of sp³-hybridized carbons (Fsp3) is 0.222. The van der Waals surface area contributed by atoms with Gasteiger partial charge >= 0.3 is 0 Å². The van der Waals surface area contributed by atoms with Gasteiger partial charge in [0.15, 0.2) is 0 Å². The van der Waals surface area contributed by atoms with Crippen molar-refractivity contribution in [1.82, 2.24) is 24.7 Å². The molecular formula is C18H16N6S. The van der Waals surface area contributed by atoms with Crippen molar-refractivity contribution in [3.05, 3.63) is 59.5 Å². The van der Waals surface area contributed by atoms with Crippen LogP contribution in [-0.2, 0) is 6.54 Å². The van der Waals surface area contributed by atoms with Gasteiger partial charge in [-0.05, 0) is 36.6 Å². The quantitative estimate of drug-likeness (QED) is 0.595. The molecule has 1 N–H and O–H groups in total. The summed E-state index contributed by atoms with van der Waals surface area (Å²) in [4.78, 5) is 8.99. The largest absolute Gasteiger partial charge is 0.356 e.